The highest BCUT2D eigenvalue weighted by molar-refractivity contribution is 5.80. The molecule has 0 aliphatic carbocycles. The van der Waals surface area contributed by atoms with Gasteiger partial charge in [0.25, 0.3) is 5.69 Å². The molecule has 0 aromatic heterocycles. The molecule has 2 aromatic carbocycles. The van der Waals surface area contributed by atoms with Crippen LogP contribution in [-0.2, 0) is 0 Å². The average Bonchev–Trinajstić information content (AvgIpc) is 2.47. The maximum absolute atomic E-state index is 13.4. The molecular weight excluding hydrogens is 279 g/mol. The summed E-state index contributed by atoms with van der Waals surface area (Å²) in [5.41, 5.74) is -0.425. The lowest BCUT2D eigenvalue weighted by atomic mass is 10.2. The molecule has 0 bridgehead atoms. The zero-order chi connectivity index (χ0) is 15.4. The van der Waals surface area contributed by atoms with Crippen LogP contribution in [0.4, 0.5) is 10.1 Å². The van der Waals surface area contributed by atoms with E-state index < -0.39 is 10.7 Å². The van der Waals surface area contributed by atoms with Crippen LogP contribution in [0.15, 0.2) is 36.4 Å². The molecule has 0 fully saturated rings. The molecule has 0 radical (unpaired) electrons. The number of nitro groups is 1. The average molecular weight is 286 g/mol. The Morgan fingerprint density at radius 1 is 1.29 bits per heavy atom. The SMILES string of the molecule is N#Cc1ccc(Oc2ccc([N+](=O)[O-])cc2C=O)cc1F. The maximum atomic E-state index is 13.4. The molecule has 0 saturated heterocycles. The van der Waals surface area contributed by atoms with Crippen molar-refractivity contribution in [2.75, 3.05) is 0 Å². The van der Waals surface area contributed by atoms with Crippen LogP contribution in [0.5, 0.6) is 11.5 Å². The summed E-state index contributed by atoms with van der Waals surface area (Å²) in [6, 6.07) is 8.73. The van der Waals surface area contributed by atoms with Crippen molar-refractivity contribution in [1.82, 2.24) is 0 Å². The first-order chi connectivity index (χ1) is 10.0. The summed E-state index contributed by atoms with van der Waals surface area (Å²) < 4.78 is 18.8. The molecule has 0 aliphatic heterocycles. The fraction of sp³-hybridized carbons (Fsp3) is 0. The van der Waals surface area contributed by atoms with Gasteiger partial charge in [-0.05, 0) is 18.2 Å². The predicted octanol–water partition coefficient (Wildman–Crippen LogP) is 3.21. The van der Waals surface area contributed by atoms with Gasteiger partial charge in [-0.1, -0.05) is 0 Å². The van der Waals surface area contributed by atoms with E-state index in [0.29, 0.717) is 6.29 Å². The molecule has 0 atom stereocenters. The van der Waals surface area contributed by atoms with Gasteiger partial charge >= 0.3 is 0 Å². The Kier molecular flexibility index (Phi) is 3.90. The van der Waals surface area contributed by atoms with Crippen molar-refractivity contribution in [3.8, 4) is 17.6 Å². The standard InChI is InChI=1S/C14H7FN2O4/c15-13-6-12(3-1-9(13)7-16)21-14-4-2-11(17(19)20)5-10(14)8-18/h1-6,8H. The third-order valence-electron chi connectivity index (χ3n) is 2.62. The Hall–Kier alpha value is -3.27. The van der Waals surface area contributed by atoms with Crippen LogP contribution in [0, 0.1) is 27.3 Å². The number of nitriles is 1. The van der Waals surface area contributed by atoms with E-state index in [9.17, 15) is 19.3 Å². The molecule has 0 unspecified atom stereocenters. The number of ether oxygens (including phenoxy) is 1. The minimum atomic E-state index is -0.760. The number of nitro benzene ring substituents is 1. The molecule has 2 aromatic rings. The predicted molar refractivity (Wildman–Crippen MR) is 69.7 cm³/mol. The third kappa shape index (κ3) is 3.01. The third-order valence-corrected chi connectivity index (χ3v) is 2.62. The molecule has 0 amide bonds. The van der Waals surface area contributed by atoms with Crippen molar-refractivity contribution >= 4 is 12.0 Å². The van der Waals surface area contributed by atoms with E-state index in [1.165, 1.54) is 24.3 Å². The van der Waals surface area contributed by atoms with Gasteiger partial charge in [-0.3, -0.25) is 14.9 Å². The first-order valence-electron chi connectivity index (χ1n) is 5.66. The van der Waals surface area contributed by atoms with Gasteiger partial charge in [0.1, 0.15) is 23.4 Å². The zero-order valence-electron chi connectivity index (χ0n) is 10.4. The van der Waals surface area contributed by atoms with Crippen LogP contribution in [0.1, 0.15) is 15.9 Å². The summed E-state index contributed by atoms with van der Waals surface area (Å²) >= 11 is 0. The molecule has 0 aliphatic rings. The number of hydrogen-bond acceptors (Lipinski definition) is 5. The molecule has 2 rings (SSSR count). The summed E-state index contributed by atoms with van der Waals surface area (Å²) in [7, 11) is 0. The van der Waals surface area contributed by atoms with Crippen molar-refractivity contribution in [1.29, 1.82) is 5.26 Å². The molecule has 104 valence electrons. The van der Waals surface area contributed by atoms with Crippen LogP contribution >= 0.6 is 0 Å². The second kappa shape index (κ2) is 5.79. The number of benzene rings is 2. The van der Waals surface area contributed by atoms with E-state index in [4.69, 9.17) is 10.00 Å². The molecule has 21 heavy (non-hydrogen) atoms. The molecule has 6 nitrogen and oxygen atoms in total. The number of nitrogens with zero attached hydrogens (tertiary/aromatic N) is 2. The molecule has 7 heteroatoms. The Morgan fingerprint density at radius 2 is 2.05 bits per heavy atom. The quantitative estimate of drug-likeness (QED) is 0.488. The second-order valence-corrected chi connectivity index (χ2v) is 3.95. The highest BCUT2D eigenvalue weighted by Crippen LogP contribution is 2.28. The molecule has 0 N–H and O–H groups in total. The normalized spacial score (nSPS) is 9.71. The lowest BCUT2D eigenvalue weighted by Gasteiger charge is -2.08. The van der Waals surface area contributed by atoms with Gasteiger partial charge in [0.15, 0.2) is 6.29 Å². The van der Waals surface area contributed by atoms with E-state index in [0.717, 1.165) is 12.1 Å². The van der Waals surface area contributed by atoms with E-state index in [1.54, 1.807) is 6.07 Å². The Balaban J connectivity index is 2.35. The van der Waals surface area contributed by atoms with Gasteiger partial charge in [-0.25, -0.2) is 4.39 Å². The zero-order valence-corrected chi connectivity index (χ0v) is 10.4. The first kappa shape index (κ1) is 14.1. The minimum Gasteiger partial charge on any atom is -0.457 e. The van der Waals surface area contributed by atoms with Gasteiger partial charge in [-0.15, -0.1) is 0 Å². The summed E-state index contributed by atoms with van der Waals surface area (Å²) in [4.78, 5) is 20.9. The Labute approximate surface area is 118 Å². The number of non-ortho nitro benzene ring substituents is 1. The monoisotopic (exact) mass is 286 g/mol. The largest absolute Gasteiger partial charge is 0.457 e. The van der Waals surface area contributed by atoms with Gasteiger partial charge in [-0.2, -0.15) is 5.26 Å². The smallest absolute Gasteiger partial charge is 0.270 e. The first-order valence-corrected chi connectivity index (χ1v) is 5.66. The van der Waals surface area contributed by atoms with Crippen LogP contribution in [0.25, 0.3) is 0 Å². The van der Waals surface area contributed by atoms with Gasteiger partial charge < -0.3 is 4.74 Å². The fourth-order valence-electron chi connectivity index (χ4n) is 1.61. The second-order valence-electron chi connectivity index (χ2n) is 3.95. The Morgan fingerprint density at radius 3 is 2.62 bits per heavy atom. The van der Waals surface area contributed by atoms with Crippen LogP contribution < -0.4 is 4.74 Å². The highest BCUT2D eigenvalue weighted by Gasteiger charge is 2.12. The summed E-state index contributed by atoms with van der Waals surface area (Å²) in [5, 5.41) is 19.2. The topological polar surface area (TPSA) is 93.2 Å². The number of rotatable bonds is 4. The van der Waals surface area contributed by atoms with E-state index >= 15 is 0 Å². The summed E-state index contributed by atoms with van der Waals surface area (Å²) in [6.45, 7) is 0. The van der Waals surface area contributed by atoms with E-state index in [2.05, 4.69) is 0 Å². The fourth-order valence-corrected chi connectivity index (χ4v) is 1.61. The van der Waals surface area contributed by atoms with Crippen molar-refractivity contribution in [2.24, 2.45) is 0 Å². The van der Waals surface area contributed by atoms with Crippen molar-refractivity contribution < 1.29 is 18.8 Å². The number of aldehydes is 1. The number of carbonyl (C=O) groups excluding carboxylic acids is 1. The van der Waals surface area contributed by atoms with Crippen LogP contribution in [-0.4, -0.2) is 11.2 Å². The summed E-state index contributed by atoms with van der Waals surface area (Å²) in [6.07, 6.45) is 0.405. The van der Waals surface area contributed by atoms with Gasteiger partial charge in [0, 0.05) is 18.2 Å². The van der Waals surface area contributed by atoms with Crippen molar-refractivity contribution in [3.05, 3.63) is 63.5 Å². The maximum Gasteiger partial charge on any atom is 0.270 e. The number of hydrogen-bond donors (Lipinski definition) is 0. The van der Waals surface area contributed by atoms with Gasteiger partial charge in [0.2, 0.25) is 0 Å². The van der Waals surface area contributed by atoms with Crippen LogP contribution in [0.2, 0.25) is 0 Å². The van der Waals surface area contributed by atoms with E-state index in [1.807, 2.05) is 0 Å². The lowest BCUT2D eigenvalue weighted by molar-refractivity contribution is -0.384. The van der Waals surface area contributed by atoms with Gasteiger partial charge in [0.05, 0.1) is 16.1 Å². The number of carbonyl (C=O) groups is 1. The molecule has 0 spiro atoms. The molecule has 0 saturated carbocycles. The summed E-state index contributed by atoms with van der Waals surface area (Å²) in [5.74, 6) is -0.632. The Bertz CT molecular complexity index is 768. The van der Waals surface area contributed by atoms with Crippen molar-refractivity contribution in [3.63, 3.8) is 0 Å². The minimum absolute atomic E-state index is 0.0334. The number of halogens is 1. The highest BCUT2D eigenvalue weighted by atomic mass is 19.1. The van der Waals surface area contributed by atoms with Crippen LogP contribution in [0.3, 0.4) is 0 Å². The van der Waals surface area contributed by atoms with E-state index in [-0.39, 0.29) is 28.3 Å². The molecular formula is C14H7FN2O4. The lowest BCUT2D eigenvalue weighted by Crippen LogP contribution is -1.95. The molecule has 0 heterocycles. The van der Waals surface area contributed by atoms with Crippen molar-refractivity contribution in [2.45, 2.75) is 0 Å².